The third-order valence-corrected chi connectivity index (χ3v) is 4.84. The molecule has 5 N–H and O–H groups in total. The number of nitrogens with two attached hydrogens (primary N) is 2. The van der Waals surface area contributed by atoms with Gasteiger partial charge >= 0.3 is 7.60 Å². The molecule has 0 aromatic rings. The molecule has 18 heavy (non-hydrogen) atoms. The van der Waals surface area contributed by atoms with Crippen molar-refractivity contribution < 1.29 is 13.6 Å². The van der Waals surface area contributed by atoms with E-state index in [0.717, 1.165) is 5.12 Å². The van der Waals surface area contributed by atoms with Crippen LogP contribution in [-0.2, 0) is 13.6 Å². The second kappa shape index (κ2) is 6.19. The van der Waals surface area contributed by atoms with Gasteiger partial charge in [0.25, 0.3) is 0 Å². The molecule has 0 spiro atoms. The molecule has 0 bridgehead atoms. The van der Waals surface area contributed by atoms with Crippen molar-refractivity contribution in [2.24, 2.45) is 16.7 Å². The summed E-state index contributed by atoms with van der Waals surface area (Å²) in [6, 6.07) is 0. The van der Waals surface area contributed by atoms with E-state index in [1.54, 1.807) is 20.8 Å². The average Bonchev–Trinajstić information content (AvgIpc) is 2.29. The Morgan fingerprint density at radius 3 is 2.50 bits per heavy atom. The maximum atomic E-state index is 12.6. The molecule has 0 amide bonds. The number of hydrazine groups is 2. The van der Waals surface area contributed by atoms with Crippen molar-refractivity contribution in [3.63, 3.8) is 0 Å². The van der Waals surface area contributed by atoms with E-state index in [-0.39, 0.29) is 13.2 Å². The van der Waals surface area contributed by atoms with E-state index >= 15 is 0 Å². The summed E-state index contributed by atoms with van der Waals surface area (Å²) in [4.78, 5) is 0. The Bertz CT molecular complexity index is 388. The predicted octanol–water partition coefficient (Wildman–Crippen LogP) is 0.491. The quantitative estimate of drug-likeness (QED) is 0.478. The lowest BCUT2D eigenvalue weighted by molar-refractivity contribution is 0.199. The number of hydrogen-bond donors (Lipinski definition) is 3. The number of nitrogens with zero attached hydrogens (tertiary/aromatic N) is 2. The van der Waals surface area contributed by atoms with Crippen molar-refractivity contribution in [2.45, 2.75) is 26.4 Å². The van der Waals surface area contributed by atoms with Crippen LogP contribution in [0.2, 0.25) is 0 Å². The molecule has 0 saturated carbocycles. The molecule has 104 valence electrons. The van der Waals surface area contributed by atoms with Crippen LogP contribution in [0.25, 0.3) is 0 Å². The number of rotatable bonds is 6. The van der Waals surface area contributed by atoms with Crippen molar-refractivity contribution in [2.75, 3.05) is 13.2 Å². The molecule has 0 fully saturated rings. The molecule has 0 radical (unpaired) electrons. The molecule has 1 aliphatic rings. The third-order valence-electron chi connectivity index (χ3n) is 2.41. The molecule has 0 aliphatic carbocycles. The largest absolute Gasteiger partial charge is 0.396 e. The van der Waals surface area contributed by atoms with Gasteiger partial charge in [0.1, 0.15) is 5.66 Å². The van der Waals surface area contributed by atoms with Crippen molar-refractivity contribution in [1.29, 1.82) is 0 Å². The molecular weight excluding hydrogens is 257 g/mol. The molecule has 1 atom stereocenters. The highest BCUT2D eigenvalue weighted by Crippen LogP contribution is 2.55. The van der Waals surface area contributed by atoms with Gasteiger partial charge in [-0.2, -0.15) is 5.10 Å². The van der Waals surface area contributed by atoms with Crippen molar-refractivity contribution in [3.05, 3.63) is 11.4 Å². The first-order valence-corrected chi connectivity index (χ1v) is 7.29. The van der Waals surface area contributed by atoms with E-state index in [1.165, 1.54) is 6.21 Å². The predicted molar refractivity (Wildman–Crippen MR) is 69.2 cm³/mol. The minimum Gasteiger partial charge on any atom is -0.396 e. The first-order valence-electron chi connectivity index (χ1n) is 5.68. The second-order valence-electron chi connectivity index (χ2n) is 3.62. The number of hydrogen-bond acceptors (Lipinski definition) is 8. The Balaban J connectivity index is 3.06. The Morgan fingerprint density at radius 1 is 1.50 bits per heavy atom. The zero-order valence-electron chi connectivity index (χ0n) is 10.8. The fourth-order valence-electron chi connectivity index (χ4n) is 1.63. The summed E-state index contributed by atoms with van der Waals surface area (Å²) in [5, 5.41) is 4.83. The second-order valence-corrected chi connectivity index (χ2v) is 5.99. The lowest BCUT2D eigenvalue weighted by Crippen LogP contribution is -2.47. The molecule has 1 aliphatic heterocycles. The summed E-state index contributed by atoms with van der Waals surface area (Å²) in [7, 11) is -3.31. The zero-order chi connectivity index (χ0) is 13.8. The molecule has 1 unspecified atom stereocenters. The molecule has 8 nitrogen and oxygen atoms in total. The van der Waals surface area contributed by atoms with E-state index in [0.29, 0.717) is 11.4 Å². The molecule has 0 aromatic heterocycles. The molecule has 1 rings (SSSR count). The Hall–Kier alpha value is -1.08. The van der Waals surface area contributed by atoms with Crippen LogP contribution in [0.4, 0.5) is 0 Å². The summed E-state index contributed by atoms with van der Waals surface area (Å²) < 4.78 is 23.2. The Kier molecular flexibility index (Phi) is 5.15. The van der Waals surface area contributed by atoms with E-state index in [4.69, 9.17) is 20.6 Å². The van der Waals surface area contributed by atoms with Crippen LogP contribution in [0, 0.1) is 0 Å². The summed E-state index contributed by atoms with van der Waals surface area (Å²) in [6.07, 6.45) is 1.40. The highest BCUT2D eigenvalue weighted by Gasteiger charge is 2.38. The van der Waals surface area contributed by atoms with Gasteiger partial charge in [0.05, 0.1) is 30.8 Å². The SMILES string of the molecule is CCOP(=O)(OCC)C(C)C1=C(N)C=NNN1N. The maximum absolute atomic E-state index is 12.6. The standard InChI is InChI=1S/C9H20N5O3P/c1-4-16-18(15,17-5-2)7(3)9-8(10)6-12-13-14(9)11/h6-7,13H,4-5,10-11H2,1-3H3. The first kappa shape index (κ1) is 15.0. The number of hydrazone groups is 1. The van der Waals surface area contributed by atoms with Gasteiger partial charge in [0, 0.05) is 0 Å². The molecular formula is C9H20N5O3P. The smallest absolute Gasteiger partial charge is 0.339 e. The summed E-state index contributed by atoms with van der Waals surface area (Å²) in [6.45, 7) is 5.74. The van der Waals surface area contributed by atoms with E-state index in [1.807, 2.05) is 0 Å². The van der Waals surface area contributed by atoms with Crippen molar-refractivity contribution in [3.8, 4) is 0 Å². The van der Waals surface area contributed by atoms with Crippen molar-refractivity contribution in [1.82, 2.24) is 10.7 Å². The minimum absolute atomic E-state index is 0.279. The Morgan fingerprint density at radius 2 is 2.06 bits per heavy atom. The van der Waals surface area contributed by atoms with Gasteiger partial charge in [-0.3, -0.25) is 4.57 Å². The summed E-state index contributed by atoms with van der Waals surface area (Å²) in [5.41, 5.74) is 8.46. The van der Waals surface area contributed by atoms with Gasteiger partial charge in [-0.05, 0) is 20.8 Å². The van der Waals surface area contributed by atoms with Gasteiger partial charge in [-0.15, -0.1) is 0 Å². The van der Waals surface area contributed by atoms with E-state index in [2.05, 4.69) is 10.6 Å². The topological polar surface area (TPSA) is 115 Å². The summed E-state index contributed by atoms with van der Waals surface area (Å²) >= 11 is 0. The molecule has 9 heteroatoms. The van der Waals surface area contributed by atoms with Gasteiger partial charge in [0.15, 0.2) is 0 Å². The van der Waals surface area contributed by atoms with Gasteiger partial charge in [-0.25, -0.2) is 16.5 Å². The fraction of sp³-hybridized carbons (Fsp3) is 0.667. The van der Waals surface area contributed by atoms with Gasteiger partial charge in [-0.1, -0.05) is 0 Å². The molecule has 0 saturated heterocycles. The molecule has 0 aromatic carbocycles. The number of allylic oxidation sites excluding steroid dienone is 2. The van der Waals surface area contributed by atoms with Crippen LogP contribution in [-0.4, -0.2) is 30.2 Å². The highest BCUT2D eigenvalue weighted by molar-refractivity contribution is 7.54. The molecule has 1 heterocycles. The van der Waals surface area contributed by atoms with E-state index < -0.39 is 13.3 Å². The summed E-state index contributed by atoms with van der Waals surface area (Å²) in [5.74, 6) is 5.70. The minimum atomic E-state index is -3.31. The van der Waals surface area contributed by atoms with Gasteiger partial charge < -0.3 is 14.8 Å². The Labute approximate surface area is 106 Å². The van der Waals surface area contributed by atoms with Gasteiger partial charge in [0.2, 0.25) is 0 Å². The average molecular weight is 277 g/mol. The van der Waals surface area contributed by atoms with Crippen LogP contribution < -0.4 is 17.1 Å². The zero-order valence-corrected chi connectivity index (χ0v) is 11.7. The first-order chi connectivity index (χ1) is 8.46. The van der Waals surface area contributed by atoms with Crippen molar-refractivity contribution >= 4 is 13.8 Å². The van der Waals surface area contributed by atoms with E-state index in [9.17, 15) is 4.57 Å². The third kappa shape index (κ3) is 3.02. The maximum Gasteiger partial charge on any atom is 0.339 e. The lowest BCUT2D eigenvalue weighted by Gasteiger charge is -2.32. The normalized spacial score (nSPS) is 17.9. The highest BCUT2D eigenvalue weighted by atomic mass is 31.2. The van der Waals surface area contributed by atoms with Crippen LogP contribution in [0.3, 0.4) is 0 Å². The van der Waals surface area contributed by atoms with Crippen LogP contribution >= 0.6 is 7.60 Å². The van der Waals surface area contributed by atoms with Crippen LogP contribution in [0.1, 0.15) is 20.8 Å². The fourth-order valence-corrected chi connectivity index (χ4v) is 3.45. The lowest BCUT2D eigenvalue weighted by atomic mass is 10.2. The van der Waals surface area contributed by atoms with Crippen LogP contribution in [0.15, 0.2) is 16.5 Å². The monoisotopic (exact) mass is 277 g/mol. The number of nitrogens with one attached hydrogen (secondary N) is 1. The van der Waals surface area contributed by atoms with Crippen LogP contribution in [0.5, 0.6) is 0 Å².